The Morgan fingerprint density at radius 2 is 2.19 bits per heavy atom. The Morgan fingerprint density at radius 1 is 1.38 bits per heavy atom. The van der Waals surface area contributed by atoms with E-state index in [1.54, 1.807) is 0 Å². The summed E-state index contributed by atoms with van der Waals surface area (Å²) in [5, 5.41) is 3.52. The number of halogens is 1. The van der Waals surface area contributed by atoms with Crippen LogP contribution in [0.2, 0.25) is 0 Å². The molecule has 2 rings (SSSR count). The first-order valence-corrected chi connectivity index (χ1v) is 6.32. The number of rotatable bonds is 3. The molecule has 1 N–H and O–H groups in total. The summed E-state index contributed by atoms with van der Waals surface area (Å²) in [5.41, 5.74) is 0. The second kappa shape index (κ2) is 6.80. The lowest BCUT2D eigenvalue weighted by atomic mass is 10.0. The minimum atomic E-state index is 0. The maximum Gasteiger partial charge on any atom is 0.0495 e. The van der Waals surface area contributed by atoms with E-state index in [2.05, 4.69) is 24.1 Å². The molecule has 4 heteroatoms. The molecular weight excluding hydrogens is 224 g/mol. The molecule has 0 aliphatic carbocycles. The van der Waals surface area contributed by atoms with E-state index in [1.165, 1.54) is 25.9 Å². The molecule has 0 aromatic heterocycles. The largest absolute Gasteiger partial charge is 0.381 e. The van der Waals surface area contributed by atoms with Gasteiger partial charge in [-0.05, 0) is 39.2 Å². The number of hydrogen-bond donors (Lipinski definition) is 1. The van der Waals surface area contributed by atoms with Crippen LogP contribution in [-0.2, 0) is 4.74 Å². The van der Waals surface area contributed by atoms with Gasteiger partial charge in [-0.15, -0.1) is 12.4 Å². The highest BCUT2D eigenvalue weighted by Crippen LogP contribution is 2.18. The fourth-order valence-corrected chi connectivity index (χ4v) is 2.60. The molecular formula is C12H25ClN2O. The van der Waals surface area contributed by atoms with Crippen molar-refractivity contribution in [2.75, 3.05) is 32.8 Å². The highest BCUT2D eigenvalue weighted by Gasteiger charge is 2.25. The lowest BCUT2D eigenvalue weighted by Gasteiger charge is -2.39. The van der Waals surface area contributed by atoms with Gasteiger partial charge in [0.1, 0.15) is 0 Å². The van der Waals surface area contributed by atoms with Gasteiger partial charge in [0.25, 0.3) is 0 Å². The molecule has 96 valence electrons. The molecule has 0 amide bonds. The lowest BCUT2D eigenvalue weighted by molar-refractivity contribution is 0.125. The Hall–Kier alpha value is 0.170. The molecule has 2 fully saturated rings. The van der Waals surface area contributed by atoms with E-state index >= 15 is 0 Å². The number of nitrogens with zero attached hydrogens (tertiary/aromatic N) is 1. The van der Waals surface area contributed by atoms with Gasteiger partial charge in [0.2, 0.25) is 0 Å². The summed E-state index contributed by atoms with van der Waals surface area (Å²) in [6.45, 7) is 10.2. The maximum absolute atomic E-state index is 5.41. The molecule has 2 saturated heterocycles. The molecule has 3 unspecified atom stereocenters. The molecule has 0 spiro atoms. The van der Waals surface area contributed by atoms with Crippen molar-refractivity contribution in [2.45, 2.75) is 38.8 Å². The van der Waals surface area contributed by atoms with Gasteiger partial charge in [0.05, 0.1) is 0 Å². The van der Waals surface area contributed by atoms with E-state index in [9.17, 15) is 0 Å². The normalized spacial score (nSPS) is 36.0. The number of nitrogens with one attached hydrogen (secondary N) is 1. The zero-order valence-corrected chi connectivity index (χ0v) is 11.3. The number of ether oxygens (including phenoxy) is 1. The van der Waals surface area contributed by atoms with Gasteiger partial charge >= 0.3 is 0 Å². The second-order valence-electron chi connectivity index (χ2n) is 5.04. The summed E-state index contributed by atoms with van der Waals surface area (Å²) >= 11 is 0. The zero-order valence-electron chi connectivity index (χ0n) is 10.4. The summed E-state index contributed by atoms with van der Waals surface area (Å²) in [7, 11) is 0. The van der Waals surface area contributed by atoms with Crippen LogP contribution in [0.25, 0.3) is 0 Å². The summed E-state index contributed by atoms with van der Waals surface area (Å²) in [6, 6.07) is 1.32. The van der Waals surface area contributed by atoms with Gasteiger partial charge in [-0.3, -0.25) is 4.90 Å². The minimum Gasteiger partial charge on any atom is -0.381 e. The van der Waals surface area contributed by atoms with Gasteiger partial charge in [0.15, 0.2) is 0 Å². The Labute approximate surface area is 105 Å². The van der Waals surface area contributed by atoms with Crippen molar-refractivity contribution in [1.82, 2.24) is 10.2 Å². The first-order valence-electron chi connectivity index (χ1n) is 6.32. The fourth-order valence-electron chi connectivity index (χ4n) is 2.60. The number of hydrogen-bond acceptors (Lipinski definition) is 3. The van der Waals surface area contributed by atoms with E-state index in [1.807, 2.05) is 0 Å². The summed E-state index contributed by atoms with van der Waals surface area (Å²) in [6.07, 6.45) is 2.59. The van der Waals surface area contributed by atoms with Crippen molar-refractivity contribution in [3.63, 3.8) is 0 Å². The van der Waals surface area contributed by atoms with Crippen LogP contribution < -0.4 is 5.32 Å². The molecule has 0 radical (unpaired) electrons. The van der Waals surface area contributed by atoms with Crippen molar-refractivity contribution in [2.24, 2.45) is 5.92 Å². The van der Waals surface area contributed by atoms with E-state index in [0.29, 0.717) is 12.1 Å². The third-order valence-electron chi connectivity index (χ3n) is 4.01. The second-order valence-corrected chi connectivity index (χ2v) is 5.04. The summed E-state index contributed by atoms with van der Waals surface area (Å²) in [4.78, 5) is 2.62. The maximum atomic E-state index is 5.41. The number of piperazine rings is 1. The van der Waals surface area contributed by atoms with Crippen LogP contribution in [0, 0.1) is 5.92 Å². The highest BCUT2D eigenvalue weighted by atomic mass is 35.5. The smallest absolute Gasteiger partial charge is 0.0495 e. The minimum absolute atomic E-state index is 0. The van der Waals surface area contributed by atoms with Gasteiger partial charge < -0.3 is 10.1 Å². The Morgan fingerprint density at radius 3 is 2.88 bits per heavy atom. The van der Waals surface area contributed by atoms with E-state index in [4.69, 9.17) is 4.74 Å². The van der Waals surface area contributed by atoms with E-state index in [0.717, 1.165) is 25.7 Å². The highest BCUT2D eigenvalue weighted by molar-refractivity contribution is 5.85. The lowest BCUT2D eigenvalue weighted by Crippen LogP contribution is -2.55. The first-order chi connectivity index (χ1) is 7.27. The molecule has 3 atom stereocenters. The predicted molar refractivity (Wildman–Crippen MR) is 69.3 cm³/mol. The van der Waals surface area contributed by atoms with Crippen LogP contribution in [-0.4, -0.2) is 49.8 Å². The Kier molecular flexibility index (Phi) is 6.05. The first kappa shape index (κ1) is 14.2. The van der Waals surface area contributed by atoms with Crippen LogP contribution >= 0.6 is 12.4 Å². The van der Waals surface area contributed by atoms with Crippen molar-refractivity contribution in [1.29, 1.82) is 0 Å². The van der Waals surface area contributed by atoms with Gasteiger partial charge in [-0.1, -0.05) is 0 Å². The standard InChI is InChI=1S/C12H24N2O.ClH/c1-10-11(2)14(7-5-13-10)6-3-12-4-8-15-9-12;/h10-13H,3-9H2,1-2H3;1H. The average molecular weight is 249 g/mol. The molecule has 2 heterocycles. The van der Waals surface area contributed by atoms with Crippen molar-refractivity contribution < 1.29 is 4.74 Å². The topological polar surface area (TPSA) is 24.5 Å². The van der Waals surface area contributed by atoms with Crippen molar-refractivity contribution in [3.05, 3.63) is 0 Å². The zero-order chi connectivity index (χ0) is 10.7. The van der Waals surface area contributed by atoms with Crippen molar-refractivity contribution >= 4 is 12.4 Å². The van der Waals surface area contributed by atoms with E-state index < -0.39 is 0 Å². The molecule has 0 saturated carbocycles. The third kappa shape index (κ3) is 3.59. The SMILES string of the molecule is CC1NCCN(CCC2CCOC2)C1C.Cl. The van der Waals surface area contributed by atoms with Gasteiger partial charge in [0, 0.05) is 38.4 Å². The quantitative estimate of drug-likeness (QED) is 0.820. The molecule has 2 aliphatic rings. The third-order valence-corrected chi connectivity index (χ3v) is 4.01. The average Bonchev–Trinajstić information content (AvgIpc) is 2.73. The molecule has 0 aromatic rings. The van der Waals surface area contributed by atoms with Gasteiger partial charge in [-0.2, -0.15) is 0 Å². The van der Waals surface area contributed by atoms with Crippen LogP contribution in [0.15, 0.2) is 0 Å². The Bertz CT molecular complexity index is 197. The summed E-state index contributed by atoms with van der Waals surface area (Å²) in [5.74, 6) is 0.822. The van der Waals surface area contributed by atoms with Crippen LogP contribution in [0.5, 0.6) is 0 Å². The molecule has 16 heavy (non-hydrogen) atoms. The van der Waals surface area contributed by atoms with Crippen molar-refractivity contribution in [3.8, 4) is 0 Å². The predicted octanol–water partition coefficient (Wildman–Crippen LogP) is 1.52. The monoisotopic (exact) mass is 248 g/mol. The van der Waals surface area contributed by atoms with Crippen LogP contribution in [0.4, 0.5) is 0 Å². The van der Waals surface area contributed by atoms with E-state index in [-0.39, 0.29) is 12.4 Å². The fraction of sp³-hybridized carbons (Fsp3) is 1.00. The van der Waals surface area contributed by atoms with Gasteiger partial charge in [-0.25, -0.2) is 0 Å². The molecule has 0 aromatic carbocycles. The molecule has 3 nitrogen and oxygen atoms in total. The Balaban J connectivity index is 0.00000128. The van der Waals surface area contributed by atoms with Crippen LogP contribution in [0.3, 0.4) is 0 Å². The van der Waals surface area contributed by atoms with Crippen LogP contribution in [0.1, 0.15) is 26.7 Å². The summed E-state index contributed by atoms with van der Waals surface area (Å²) < 4.78 is 5.41. The molecule has 2 aliphatic heterocycles. The molecule has 0 bridgehead atoms.